The molecule has 84 valence electrons. The molecule has 1 aliphatic heterocycles. The molecule has 1 fully saturated rings. The summed E-state index contributed by atoms with van der Waals surface area (Å²) in [6.07, 6.45) is 4.26. The van der Waals surface area contributed by atoms with Crippen molar-refractivity contribution in [3.63, 3.8) is 0 Å². The first-order valence-corrected chi connectivity index (χ1v) is 5.56. The van der Waals surface area contributed by atoms with Crippen LogP contribution in [-0.2, 0) is 9.53 Å². The number of amides is 1. The third kappa shape index (κ3) is 4.30. The van der Waals surface area contributed by atoms with Crippen molar-refractivity contribution < 1.29 is 9.53 Å². The van der Waals surface area contributed by atoms with Gasteiger partial charge in [-0.2, -0.15) is 5.26 Å². The molecular weight excluding hydrogens is 192 g/mol. The van der Waals surface area contributed by atoms with Gasteiger partial charge in [0.1, 0.15) is 6.04 Å². The van der Waals surface area contributed by atoms with E-state index in [0.717, 1.165) is 25.9 Å². The van der Waals surface area contributed by atoms with Gasteiger partial charge < -0.3 is 10.1 Å². The molecule has 15 heavy (non-hydrogen) atoms. The van der Waals surface area contributed by atoms with E-state index < -0.39 is 0 Å². The number of rotatable bonds is 4. The number of carbonyl (C=O) groups is 1. The number of hydrogen-bond donors (Lipinski definition) is 1. The van der Waals surface area contributed by atoms with E-state index in [-0.39, 0.29) is 18.1 Å². The van der Waals surface area contributed by atoms with Crippen molar-refractivity contribution >= 4 is 5.91 Å². The number of nitrogens with zero attached hydrogens (tertiary/aromatic N) is 1. The minimum Gasteiger partial charge on any atom is -0.378 e. The molecule has 1 heterocycles. The Morgan fingerprint density at radius 2 is 2.47 bits per heavy atom. The zero-order valence-corrected chi connectivity index (χ0v) is 9.16. The molecule has 0 radical (unpaired) electrons. The lowest BCUT2D eigenvalue weighted by atomic mass is 10.1. The summed E-state index contributed by atoms with van der Waals surface area (Å²) in [6.45, 7) is 2.64. The summed E-state index contributed by atoms with van der Waals surface area (Å²) in [5, 5.41) is 11.4. The van der Waals surface area contributed by atoms with Gasteiger partial charge >= 0.3 is 0 Å². The zero-order chi connectivity index (χ0) is 11.1. The molecule has 1 amide bonds. The van der Waals surface area contributed by atoms with Crippen molar-refractivity contribution in [3.05, 3.63) is 0 Å². The van der Waals surface area contributed by atoms with Gasteiger partial charge in [-0.05, 0) is 25.7 Å². The van der Waals surface area contributed by atoms with E-state index in [9.17, 15) is 4.79 Å². The average Bonchev–Trinajstić information content (AvgIpc) is 2.27. The molecule has 1 aliphatic rings. The SMILES string of the molecule is CCC(C#N)NC(=O)CC1CCCCO1. The number of carbonyl (C=O) groups excluding carboxylic acids is 1. The fraction of sp³-hybridized carbons (Fsp3) is 0.818. The van der Waals surface area contributed by atoms with Gasteiger partial charge in [-0.15, -0.1) is 0 Å². The highest BCUT2D eigenvalue weighted by Gasteiger charge is 2.18. The molecule has 0 spiro atoms. The van der Waals surface area contributed by atoms with Gasteiger partial charge in [0, 0.05) is 6.61 Å². The highest BCUT2D eigenvalue weighted by atomic mass is 16.5. The molecule has 0 aromatic carbocycles. The summed E-state index contributed by atoms with van der Waals surface area (Å²) < 4.78 is 5.45. The zero-order valence-electron chi connectivity index (χ0n) is 9.16. The van der Waals surface area contributed by atoms with Crippen LogP contribution >= 0.6 is 0 Å². The molecule has 0 aromatic heterocycles. The lowest BCUT2D eigenvalue weighted by Crippen LogP contribution is -2.36. The van der Waals surface area contributed by atoms with Crippen LogP contribution in [0, 0.1) is 11.3 Å². The van der Waals surface area contributed by atoms with E-state index in [1.54, 1.807) is 0 Å². The van der Waals surface area contributed by atoms with Gasteiger partial charge in [-0.1, -0.05) is 6.92 Å². The standard InChI is InChI=1S/C11H18N2O2/c1-2-9(8-12)13-11(14)7-10-5-3-4-6-15-10/h9-10H,2-7H2,1H3,(H,13,14). The third-order valence-corrected chi connectivity index (χ3v) is 2.59. The Labute approximate surface area is 90.6 Å². The highest BCUT2D eigenvalue weighted by Crippen LogP contribution is 2.15. The first kappa shape index (κ1) is 12.0. The van der Waals surface area contributed by atoms with Gasteiger partial charge in [-0.3, -0.25) is 4.79 Å². The van der Waals surface area contributed by atoms with Gasteiger partial charge in [0.05, 0.1) is 18.6 Å². The van der Waals surface area contributed by atoms with E-state index in [0.29, 0.717) is 12.8 Å². The van der Waals surface area contributed by atoms with Gasteiger partial charge in [-0.25, -0.2) is 0 Å². The Balaban J connectivity index is 2.25. The Morgan fingerprint density at radius 3 is 3.00 bits per heavy atom. The summed E-state index contributed by atoms with van der Waals surface area (Å²) in [5.41, 5.74) is 0. The van der Waals surface area contributed by atoms with E-state index >= 15 is 0 Å². The number of nitrogens with one attached hydrogen (secondary N) is 1. The van der Waals surface area contributed by atoms with Crippen LogP contribution < -0.4 is 5.32 Å². The summed E-state index contributed by atoms with van der Waals surface area (Å²) in [6, 6.07) is 1.69. The Kier molecular flexibility index (Phi) is 5.13. The monoisotopic (exact) mass is 210 g/mol. The van der Waals surface area contributed by atoms with Crippen LogP contribution in [0.3, 0.4) is 0 Å². The topological polar surface area (TPSA) is 62.1 Å². The average molecular weight is 210 g/mol. The largest absolute Gasteiger partial charge is 0.378 e. The van der Waals surface area contributed by atoms with Crippen LogP contribution in [0.25, 0.3) is 0 Å². The van der Waals surface area contributed by atoms with Crippen LogP contribution in [0.5, 0.6) is 0 Å². The van der Waals surface area contributed by atoms with Crippen molar-refractivity contribution in [1.82, 2.24) is 5.32 Å². The minimum atomic E-state index is -0.360. The van der Waals surface area contributed by atoms with Crippen LogP contribution in [-0.4, -0.2) is 24.7 Å². The summed E-state index contributed by atoms with van der Waals surface area (Å²) in [7, 11) is 0. The lowest BCUT2D eigenvalue weighted by molar-refractivity contribution is -0.125. The summed E-state index contributed by atoms with van der Waals surface area (Å²) >= 11 is 0. The fourth-order valence-electron chi connectivity index (χ4n) is 1.65. The molecule has 4 heteroatoms. The normalized spacial score (nSPS) is 22.8. The number of ether oxygens (including phenoxy) is 1. The number of nitriles is 1. The Hall–Kier alpha value is -1.08. The molecule has 1 rings (SSSR count). The molecule has 1 saturated heterocycles. The summed E-state index contributed by atoms with van der Waals surface area (Å²) in [4.78, 5) is 11.5. The van der Waals surface area contributed by atoms with Crippen LogP contribution in [0.15, 0.2) is 0 Å². The predicted molar refractivity (Wildman–Crippen MR) is 56.0 cm³/mol. The highest BCUT2D eigenvalue weighted by molar-refractivity contribution is 5.77. The molecule has 0 aliphatic carbocycles. The molecule has 2 unspecified atom stereocenters. The molecule has 0 bridgehead atoms. The van der Waals surface area contributed by atoms with Crippen molar-refractivity contribution in [2.45, 2.75) is 51.2 Å². The fourth-order valence-corrected chi connectivity index (χ4v) is 1.65. The van der Waals surface area contributed by atoms with E-state index in [4.69, 9.17) is 10.00 Å². The van der Waals surface area contributed by atoms with Crippen LogP contribution in [0.2, 0.25) is 0 Å². The van der Waals surface area contributed by atoms with Crippen LogP contribution in [0.1, 0.15) is 39.0 Å². The second-order valence-corrected chi connectivity index (χ2v) is 3.85. The minimum absolute atomic E-state index is 0.0509. The molecule has 4 nitrogen and oxygen atoms in total. The van der Waals surface area contributed by atoms with Crippen molar-refractivity contribution in [3.8, 4) is 6.07 Å². The predicted octanol–water partition coefficient (Wildman–Crippen LogP) is 1.36. The second kappa shape index (κ2) is 6.41. The van der Waals surface area contributed by atoms with Gasteiger partial charge in [0.2, 0.25) is 5.91 Å². The molecule has 1 N–H and O–H groups in total. The maximum absolute atomic E-state index is 11.5. The second-order valence-electron chi connectivity index (χ2n) is 3.85. The van der Waals surface area contributed by atoms with E-state index in [1.807, 2.05) is 13.0 Å². The van der Waals surface area contributed by atoms with Crippen LogP contribution in [0.4, 0.5) is 0 Å². The van der Waals surface area contributed by atoms with E-state index in [2.05, 4.69) is 5.32 Å². The third-order valence-electron chi connectivity index (χ3n) is 2.59. The molecule has 0 aromatic rings. The number of hydrogen-bond acceptors (Lipinski definition) is 3. The van der Waals surface area contributed by atoms with Crippen molar-refractivity contribution in [1.29, 1.82) is 5.26 Å². The van der Waals surface area contributed by atoms with E-state index in [1.165, 1.54) is 0 Å². The van der Waals surface area contributed by atoms with Crippen molar-refractivity contribution in [2.75, 3.05) is 6.61 Å². The maximum Gasteiger partial charge on any atom is 0.223 e. The Morgan fingerprint density at radius 1 is 1.67 bits per heavy atom. The van der Waals surface area contributed by atoms with Crippen molar-refractivity contribution in [2.24, 2.45) is 0 Å². The first-order valence-electron chi connectivity index (χ1n) is 5.56. The molecule has 0 saturated carbocycles. The van der Waals surface area contributed by atoms with Gasteiger partial charge in [0.25, 0.3) is 0 Å². The Bertz CT molecular complexity index is 241. The van der Waals surface area contributed by atoms with Gasteiger partial charge in [0.15, 0.2) is 0 Å². The quantitative estimate of drug-likeness (QED) is 0.762. The first-order chi connectivity index (χ1) is 7.26. The summed E-state index contributed by atoms with van der Waals surface area (Å²) in [5.74, 6) is -0.0738. The molecular formula is C11H18N2O2. The smallest absolute Gasteiger partial charge is 0.223 e. The lowest BCUT2D eigenvalue weighted by Gasteiger charge is -2.22. The maximum atomic E-state index is 11.5. The molecule has 2 atom stereocenters.